The van der Waals surface area contributed by atoms with Crippen molar-refractivity contribution < 1.29 is 0 Å². The maximum atomic E-state index is 5.83. The van der Waals surface area contributed by atoms with E-state index in [4.69, 9.17) is 5.73 Å². The molecule has 1 fully saturated rings. The van der Waals surface area contributed by atoms with Gasteiger partial charge >= 0.3 is 0 Å². The molecule has 3 rings (SSSR count). The Kier molecular flexibility index (Phi) is 4.01. The van der Waals surface area contributed by atoms with Gasteiger partial charge in [0.25, 0.3) is 0 Å². The van der Waals surface area contributed by atoms with Crippen LogP contribution in [0.25, 0.3) is 10.9 Å². The molecule has 4 heteroatoms. The second kappa shape index (κ2) is 5.92. The first-order chi connectivity index (χ1) is 9.76. The van der Waals surface area contributed by atoms with Crippen molar-refractivity contribution in [3.8, 4) is 0 Å². The number of nitrogens with one attached hydrogen (secondary N) is 1. The lowest BCUT2D eigenvalue weighted by Gasteiger charge is -2.29. The molecule has 3 N–H and O–H groups in total. The Bertz CT molecular complexity index is 591. The molecule has 1 aromatic heterocycles. The molecule has 1 heterocycles. The van der Waals surface area contributed by atoms with Gasteiger partial charge in [0.2, 0.25) is 0 Å². The van der Waals surface area contributed by atoms with Crippen LogP contribution in [-0.4, -0.2) is 22.5 Å². The van der Waals surface area contributed by atoms with E-state index in [0.717, 1.165) is 21.8 Å². The van der Waals surface area contributed by atoms with Crippen molar-refractivity contribution in [2.75, 3.05) is 17.3 Å². The summed E-state index contributed by atoms with van der Waals surface area (Å²) < 4.78 is 0. The van der Waals surface area contributed by atoms with Crippen LogP contribution >= 0.6 is 11.8 Å². The standard InChI is InChI=1S/C16H21N3S/c1-20-13-5-3-12(4-6-13)19-15-8-9-18-16-10-11(17)2-7-14(15)16/h2,7-10,12-13H,3-6,17H2,1H3,(H,18,19). The number of hydrogen-bond donors (Lipinski definition) is 2. The summed E-state index contributed by atoms with van der Waals surface area (Å²) in [6, 6.07) is 8.60. The third kappa shape index (κ3) is 2.85. The zero-order valence-corrected chi connectivity index (χ0v) is 12.6. The Labute approximate surface area is 124 Å². The topological polar surface area (TPSA) is 50.9 Å². The molecule has 0 spiro atoms. The van der Waals surface area contributed by atoms with E-state index in [1.807, 2.05) is 30.1 Å². The van der Waals surface area contributed by atoms with Crippen molar-refractivity contribution >= 4 is 34.0 Å². The van der Waals surface area contributed by atoms with Crippen molar-refractivity contribution in [1.29, 1.82) is 0 Å². The van der Waals surface area contributed by atoms with E-state index in [1.54, 1.807) is 0 Å². The van der Waals surface area contributed by atoms with Crippen molar-refractivity contribution in [2.45, 2.75) is 37.0 Å². The van der Waals surface area contributed by atoms with Crippen LogP contribution < -0.4 is 11.1 Å². The van der Waals surface area contributed by atoms with E-state index in [0.29, 0.717) is 6.04 Å². The Morgan fingerprint density at radius 2 is 2.00 bits per heavy atom. The molecule has 0 amide bonds. The largest absolute Gasteiger partial charge is 0.399 e. The van der Waals surface area contributed by atoms with Crippen molar-refractivity contribution in [3.05, 3.63) is 30.5 Å². The quantitative estimate of drug-likeness (QED) is 0.841. The first-order valence-corrected chi connectivity index (χ1v) is 8.48. The highest BCUT2D eigenvalue weighted by Gasteiger charge is 2.20. The summed E-state index contributed by atoms with van der Waals surface area (Å²) in [4.78, 5) is 4.40. The molecule has 2 aromatic rings. The molecular formula is C16H21N3S. The maximum absolute atomic E-state index is 5.83. The third-order valence-electron chi connectivity index (χ3n) is 4.13. The molecule has 20 heavy (non-hydrogen) atoms. The lowest BCUT2D eigenvalue weighted by molar-refractivity contribution is 0.473. The Morgan fingerprint density at radius 1 is 1.20 bits per heavy atom. The second-order valence-corrected chi connectivity index (χ2v) is 6.63. The molecule has 0 bridgehead atoms. The molecule has 0 aliphatic heterocycles. The summed E-state index contributed by atoms with van der Waals surface area (Å²) in [6.45, 7) is 0. The highest BCUT2D eigenvalue weighted by Crippen LogP contribution is 2.30. The molecule has 0 saturated heterocycles. The smallest absolute Gasteiger partial charge is 0.0743 e. The van der Waals surface area contributed by atoms with Gasteiger partial charge in [0.05, 0.1) is 5.52 Å². The average Bonchev–Trinajstić information content (AvgIpc) is 2.48. The Hall–Kier alpha value is -1.42. The number of rotatable bonds is 3. The number of nitrogen functional groups attached to an aromatic ring is 1. The van der Waals surface area contributed by atoms with Crippen LogP contribution in [0.1, 0.15) is 25.7 Å². The second-order valence-electron chi connectivity index (χ2n) is 5.49. The van der Waals surface area contributed by atoms with E-state index in [1.165, 1.54) is 31.4 Å². The zero-order valence-electron chi connectivity index (χ0n) is 11.8. The normalized spacial score (nSPS) is 22.9. The van der Waals surface area contributed by atoms with Crippen LogP contribution in [0, 0.1) is 0 Å². The number of hydrogen-bond acceptors (Lipinski definition) is 4. The van der Waals surface area contributed by atoms with Crippen molar-refractivity contribution in [2.24, 2.45) is 0 Å². The molecule has 1 saturated carbocycles. The summed E-state index contributed by atoms with van der Waals surface area (Å²) in [6.07, 6.45) is 9.22. The SMILES string of the molecule is CSC1CCC(Nc2ccnc3cc(N)ccc23)CC1. The number of thioether (sulfide) groups is 1. The fourth-order valence-corrected chi connectivity index (χ4v) is 3.70. The fraction of sp³-hybridized carbons (Fsp3) is 0.438. The summed E-state index contributed by atoms with van der Waals surface area (Å²) >= 11 is 2.01. The average molecular weight is 287 g/mol. The summed E-state index contributed by atoms with van der Waals surface area (Å²) in [5.41, 5.74) is 8.74. The van der Waals surface area contributed by atoms with Gasteiger partial charge in [-0.1, -0.05) is 0 Å². The van der Waals surface area contributed by atoms with Gasteiger partial charge in [-0.2, -0.15) is 11.8 Å². The molecule has 1 aliphatic carbocycles. The van der Waals surface area contributed by atoms with Gasteiger partial charge in [-0.15, -0.1) is 0 Å². The molecule has 1 aliphatic rings. The minimum atomic E-state index is 0.585. The number of anilines is 2. The Morgan fingerprint density at radius 3 is 2.75 bits per heavy atom. The fourth-order valence-electron chi connectivity index (χ4n) is 2.95. The van der Waals surface area contributed by atoms with Gasteiger partial charge in [-0.25, -0.2) is 0 Å². The van der Waals surface area contributed by atoms with Crippen LogP contribution in [0.3, 0.4) is 0 Å². The third-order valence-corrected chi connectivity index (χ3v) is 5.27. The first-order valence-electron chi connectivity index (χ1n) is 7.20. The monoisotopic (exact) mass is 287 g/mol. The zero-order chi connectivity index (χ0) is 13.9. The summed E-state index contributed by atoms with van der Waals surface area (Å²) in [5, 5.41) is 5.71. The number of nitrogens with two attached hydrogens (primary N) is 1. The highest BCUT2D eigenvalue weighted by atomic mass is 32.2. The van der Waals surface area contributed by atoms with Crippen LogP contribution in [-0.2, 0) is 0 Å². The summed E-state index contributed by atoms with van der Waals surface area (Å²) in [5.74, 6) is 0. The van der Waals surface area contributed by atoms with Crippen molar-refractivity contribution in [1.82, 2.24) is 4.98 Å². The van der Waals surface area contributed by atoms with Crippen LogP contribution in [0.4, 0.5) is 11.4 Å². The van der Waals surface area contributed by atoms with Crippen LogP contribution in [0.15, 0.2) is 30.5 Å². The number of benzene rings is 1. The number of aromatic nitrogens is 1. The van der Waals surface area contributed by atoms with Crippen LogP contribution in [0.2, 0.25) is 0 Å². The van der Waals surface area contributed by atoms with Crippen LogP contribution in [0.5, 0.6) is 0 Å². The highest BCUT2D eigenvalue weighted by molar-refractivity contribution is 7.99. The molecule has 0 atom stereocenters. The number of pyridine rings is 1. The maximum Gasteiger partial charge on any atom is 0.0743 e. The first kappa shape index (κ1) is 13.6. The van der Waals surface area contributed by atoms with Gasteiger partial charge in [0, 0.05) is 34.2 Å². The van der Waals surface area contributed by atoms with E-state index in [9.17, 15) is 0 Å². The minimum Gasteiger partial charge on any atom is -0.399 e. The molecular weight excluding hydrogens is 266 g/mol. The van der Waals surface area contributed by atoms with Gasteiger partial charge in [0.1, 0.15) is 0 Å². The van der Waals surface area contributed by atoms with E-state index in [-0.39, 0.29) is 0 Å². The van der Waals surface area contributed by atoms with Gasteiger partial charge in [0.15, 0.2) is 0 Å². The van der Waals surface area contributed by atoms with Gasteiger partial charge in [-0.3, -0.25) is 4.98 Å². The minimum absolute atomic E-state index is 0.585. The van der Waals surface area contributed by atoms with Gasteiger partial charge in [-0.05, 0) is 56.2 Å². The molecule has 0 radical (unpaired) electrons. The lowest BCUT2D eigenvalue weighted by atomic mass is 9.94. The van der Waals surface area contributed by atoms with Crippen molar-refractivity contribution in [3.63, 3.8) is 0 Å². The molecule has 1 aromatic carbocycles. The summed E-state index contributed by atoms with van der Waals surface area (Å²) in [7, 11) is 0. The number of fused-ring (bicyclic) bond motifs is 1. The van der Waals surface area contributed by atoms with Gasteiger partial charge < -0.3 is 11.1 Å². The van der Waals surface area contributed by atoms with E-state index < -0.39 is 0 Å². The molecule has 3 nitrogen and oxygen atoms in total. The predicted octanol–water partition coefficient (Wildman–Crippen LogP) is 3.90. The number of nitrogens with zero attached hydrogens (tertiary/aromatic N) is 1. The van der Waals surface area contributed by atoms with E-state index in [2.05, 4.69) is 28.7 Å². The Balaban J connectivity index is 1.78. The van der Waals surface area contributed by atoms with E-state index >= 15 is 0 Å². The molecule has 106 valence electrons. The lowest BCUT2D eigenvalue weighted by Crippen LogP contribution is -2.27. The molecule has 0 unspecified atom stereocenters. The predicted molar refractivity (Wildman–Crippen MR) is 89.3 cm³/mol.